The molecule has 0 spiro atoms. The van der Waals surface area contributed by atoms with Crippen LogP contribution in [-0.2, 0) is 5.33 Å². The predicted molar refractivity (Wildman–Crippen MR) is 73.4 cm³/mol. The third-order valence-electron chi connectivity index (χ3n) is 3.40. The van der Waals surface area contributed by atoms with E-state index in [-0.39, 0.29) is 5.91 Å². The molecule has 3 heteroatoms. The van der Waals surface area contributed by atoms with Gasteiger partial charge in [0.2, 0.25) is 0 Å². The summed E-state index contributed by atoms with van der Waals surface area (Å²) in [7, 11) is 0. The van der Waals surface area contributed by atoms with Crippen LogP contribution >= 0.6 is 15.9 Å². The molecule has 1 amide bonds. The first-order valence-electron chi connectivity index (χ1n) is 6.07. The summed E-state index contributed by atoms with van der Waals surface area (Å²) in [5, 5.41) is 0.832. The standard InChI is InChI=1S/C14H18BrNO/c1-10-7-11(2)16(9-10)14(17)13-5-3-12(8-15)4-6-13/h3-6,10-11H,7-9H2,1-2H3. The molecule has 2 atom stereocenters. The molecule has 92 valence electrons. The van der Waals surface area contributed by atoms with E-state index < -0.39 is 0 Å². The van der Waals surface area contributed by atoms with Crippen molar-refractivity contribution in [2.75, 3.05) is 6.54 Å². The number of hydrogen-bond donors (Lipinski definition) is 0. The number of rotatable bonds is 2. The van der Waals surface area contributed by atoms with E-state index in [0.717, 1.165) is 23.9 Å². The van der Waals surface area contributed by atoms with Gasteiger partial charge in [-0.15, -0.1) is 0 Å². The van der Waals surface area contributed by atoms with Crippen LogP contribution in [0.25, 0.3) is 0 Å². The van der Waals surface area contributed by atoms with Crippen molar-refractivity contribution in [1.82, 2.24) is 4.90 Å². The zero-order valence-electron chi connectivity index (χ0n) is 10.3. The minimum Gasteiger partial charge on any atom is -0.336 e. The van der Waals surface area contributed by atoms with Crippen molar-refractivity contribution >= 4 is 21.8 Å². The van der Waals surface area contributed by atoms with Gasteiger partial charge >= 0.3 is 0 Å². The molecule has 1 fully saturated rings. The van der Waals surface area contributed by atoms with Gasteiger partial charge in [0.15, 0.2) is 0 Å². The molecule has 17 heavy (non-hydrogen) atoms. The number of amides is 1. The lowest BCUT2D eigenvalue weighted by atomic mass is 10.1. The molecule has 0 saturated carbocycles. The maximum absolute atomic E-state index is 12.3. The average molecular weight is 296 g/mol. The monoisotopic (exact) mass is 295 g/mol. The molecule has 1 aliphatic heterocycles. The van der Waals surface area contributed by atoms with Crippen LogP contribution in [0.5, 0.6) is 0 Å². The fourth-order valence-electron chi connectivity index (χ4n) is 2.49. The third kappa shape index (κ3) is 2.71. The smallest absolute Gasteiger partial charge is 0.254 e. The second kappa shape index (κ2) is 5.21. The molecule has 0 aliphatic carbocycles. The van der Waals surface area contributed by atoms with E-state index >= 15 is 0 Å². The van der Waals surface area contributed by atoms with Gasteiger partial charge in [0, 0.05) is 23.5 Å². The number of halogens is 1. The Kier molecular flexibility index (Phi) is 3.87. The molecule has 1 saturated heterocycles. The Hall–Kier alpha value is -0.830. The van der Waals surface area contributed by atoms with Crippen molar-refractivity contribution in [3.05, 3.63) is 35.4 Å². The van der Waals surface area contributed by atoms with Crippen LogP contribution in [0.15, 0.2) is 24.3 Å². The molecule has 2 unspecified atom stereocenters. The number of likely N-dealkylation sites (tertiary alicyclic amines) is 1. The van der Waals surface area contributed by atoms with E-state index in [1.807, 2.05) is 29.2 Å². The summed E-state index contributed by atoms with van der Waals surface area (Å²) in [6.45, 7) is 5.23. The molecule has 0 bridgehead atoms. The highest BCUT2D eigenvalue weighted by Crippen LogP contribution is 2.24. The van der Waals surface area contributed by atoms with Crippen molar-refractivity contribution in [3.63, 3.8) is 0 Å². The van der Waals surface area contributed by atoms with Gasteiger partial charge in [-0.05, 0) is 37.0 Å². The van der Waals surface area contributed by atoms with Crippen molar-refractivity contribution < 1.29 is 4.79 Å². The highest BCUT2D eigenvalue weighted by molar-refractivity contribution is 9.08. The van der Waals surface area contributed by atoms with Gasteiger partial charge in [-0.2, -0.15) is 0 Å². The number of carbonyl (C=O) groups excluding carboxylic acids is 1. The Balaban J connectivity index is 2.13. The first-order valence-corrected chi connectivity index (χ1v) is 7.20. The molecular formula is C14H18BrNO. The van der Waals surface area contributed by atoms with Gasteiger partial charge in [-0.3, -0.25) is 4.79 Å². The first kappa shape index (κ1) is 12.6. The minimum atomic E-state index is 0.169. The van der Waals surface area contributed by atoms with Crippen LogP contribution in [0.4, 0.5) is 0 Å². The summed E-state index contributed by atoms with van der Waals surface area (Å²) in [6.07, 6.45) is 1.12. The fraction of sp³-hybridized carbons (Fsp3) is 0.500. The zero-order valence-corrected chi connectivity index (χ0v) is 11.9. The van der Waals surface area contributed by atoms with Gasteiger partial charge in [0.05, 0.1) is 0 Å². The Morgan fingerprint density at radius 1 is 1.35 bits per heavy atom. The van der Waals surface area contributed by atoms with Crippen LogP contribution in [0, 0.1) is 5.92 Å². The Morgan fingerprint density at radius 3 is 2.47 bits per heavy atom. The van der Waals surface area contributed by atoms with Crippen LogP contribution < -0.4 is 0 Å². The van der Waals surface area contributed by atoms with Gasteiger partial charge in [0.25, 0.3) is 5.91 Å². The maximum atomic E-state index is 12.3. The molecule has 0 N–H and O–H groups in total. The largest absolute Gasteiger partial charge is 0.336 e. The number of carbonyl (C=O) groups is 1. The third-order valence-corrected chi connectivity index (χ3v) is 4.05. The molecule has 1 aromatic rings. The van der Waals surface area contributed by atoms with E-state index in [0.29, 0.717) is 12.0 Å². The Bertz CT molecular complexity index is 401. The van der Waals surface area contributed by atoms with Gasteiger partial charge in [0.1, 0.15) is 0 Å². The van der Waals surface area contributed by atoms with Crippen molar-refractivity contribution in [2.45, 2.75) is 31.6 Å². The number of benzene rings is 1. The quantitative estimate of drug-likeness (QED) is 0.765. The molecule has 2 nitrogen and oxygen atoms in total. The van der Waals surface area contributed by atoms with Gasteiger partial charge in [-0.25, -0.2) is 0 Å². The number of alkyl halides is 1. The van der Waals surface area contributed by atoms with E-state index in [4.69, 9.17) is 0 Å². The summed E-state index contributed by atoms with van der Waals surface area (Å²) in [5.74, 6) is 0.790. The summed E-state index contributed by atoms with van der Waals surface area (Å²) in [5.41, 5.74) is 2.00. The van der Waals surface area contributed by atoms with Gasteiger partial charge in [-0.1, -0.05) is 35.0 Å². The minimum absolute atomic E-state index is 0.169. The average Bonchev–Trinajstić information content (AvgIpc) is 2.68. The van der Waals surface area contributed by atoms with Crippen molar-refractivity contribution in [1.29, 1.82) is 0 Å². The summed E-state index contributed by atoms with van der Waals surface area (Å²) < 4.78 is 0. The molecule has 1 aliphatic rings. The zero-order chi connectivity index (χ0) is 12.4. The summed E-state index contributed by atoms with van der Waals surface area (Å²) in [6, 6.07) is 8.23. The number of hydrogen-bond acceptors (Lipinski definition) is 1. The van der Waals surface area contributed by atoms with E-state index in [9.17, 15) is 4.79 Å². The summed E-state index contributed by atoms with van der Waals surface area (Å²) in [4.78, 5) is 14.3. The topological polar surface area (TPSA) is 20.3 Å². The lowest BCUT2D eigenvalue weighted by Crippen LogP contribution is -2.33. The van der Waals surface area contributed by atoms with Crippen LogP contribution in [0.3, 0.4) is 0 Å². The maximum Gasteiger partial charge on any atom is 0.254 e. The highest BCUT2D eigenvalue weighted by atomic mass is 79.9. The Morgan fingerprint density at radius 2 is 2.00 bits per heavy atom. The lowest BCUT2D eigenvalue weighted by molar-refractivity contribution is 0.0744. The van der Waals surface area contributed by atoms with E-state index in [1.165, 1.54) is 5.56 Å². The van der Waals surface area contributed by atoms with Crippen LogP contribution in [0.2, 0.25) is 0 Å². The predicted octanol–water partition coefficient (Wildman–Crippen LogP) is 3.45. The summed E-state index contributed by atoms with van der Waals surface area (Å²) >= 11 is 3.41. The SMILES string of the molecule is CC1CC(C)N(C(=O)c2ccc(CBr)cc2)C1. The number of nitrogens with zero attached hydrogens (tertiary/aromatic N) is 1. The highest BCUT2D eigenvalue weighted by Gasteiger charge is 2.30. The van der Waals surface area contributed by atoms with Crippen LogP contribution in [-0.4, -0.2) is 23.4 Å². The molecule has 1 aromatic carbocycles. The molecule has 1 heterocycles. The lowest BCUT2D eigenvalue weighted by Gasteiger charge is -2.21. The fourth-order valence-corrected chi connectivity index (χ4v) is 2.86. The normalized spacial score (nSPS) is 24.1. The molecule has 0 aromatic heterocycles. The second-order valence-electron chi connectivity index (χ2n) is 4.98. The van der Waals surface area contributed by atoms with Crippen molar-refractivity contribution in [3.8, 4) is 0 Å². The van der Waals surface area contributed by atoms with E-state index in [2.05, 4.69) is 29.8 Å². The molecule has 2 rings (SSSR count). The second-order valence-corrected chi connectivity index (χ2v) is 5.54. The molecule has 0 radical (unpaired) electrons. The Labute approximate surface area is 111 Å². The van der Waals surface area contributed by atoms with E-state index in [1.54, 1.807) is 0 Å². The van der Waals surface area contributed by atoms with Crippen molar-refractivity contribution in [2.24, 2.45) is 5.92 Å². The first-order chi connectivity index (χ1) is 8.11. The van der Waals surface area contributed by atoms with Crippen LogP contribution in [0.1, 0.15) is 36.2 Å². The van der Waals surface area contributed by atoms with Gasteiger partial charge < -0.3 is 4.90 Å². The molecular weight excluding hydrogens is 278 g/mol.